The summed E-state index contributed by atoms with van der Waals surface area (Å²) < 4.78 is 0. The monoisotopic (exact) mass is 362 g/mol. The molecule has 0 amide bonds. The smallest absolute Gasteiger partial charge is 0.0206 e. The van der Waals surface area contributed by atoms with Gasteiger partial charge in [-0.05, 0) is 92.7 Å². The van der Waals surface area contributed by atoms with E-state index in [4.69, 9.17) is 0 Å². The molecule has 0 spiro atoms. The highest BCUT2D eigenvalue weighted by Gasteiger charge is 2.21. The van der Waals surface area contributed by atoms with Gasteiger partial charge < -0.3 is 0 Å². The fourth-order valence-electron chi connectivity index (χ4n) is 5.02. The van der Waals surface area contributed by atoms with Crippen LogP contribution in [0.3, 0.4) is 0 Å². The van der Waals surface area contributed by atoms with Crippen LogP contribution in [0.25, 0.3) is 0 Å². The molecule has 0 unspecified atom stereocenters. The summed E-state index contributed by atoms with van der Waals surface area (Å²) >= 11 is 0. The molecule has 0 radical (unpaired) electrons. The first kappa shape index (κ1) is 20.3. The Labute approximate surface area is 167 Å². The van der Waals surface area contributed by atoms with Crippen molar-refractivity contribution < 1.29 is 0 Å². The van der Waals surface area contributed by atoms with Crippen LogP contribution in [0.2, 0.25) is 0 Å². The quantitative estimate of drug-likeness (QED) is 0.471. The summed E-state index contributed by atoms with van der Waals surface area (Å²) in [6.07, 6.45) is 19.2. The maximum absolute atomic E-state index is 3.54. The number of benzene rings is 1. The Hall–Kier alpha value is -1.48. The Morgan fingerprint density at radius 3 is 2.22 bits per heavy atom. The number of hydrogen-bond acceptors (Lipinski definition) is 0. The summed E-state index contributed by atoms with van der Waals surface area (Å²) in [5.74, 6) is 10.1. The van der Waals surface area contributed by atoms with E-state index in [1.54, 1.807) is 0 Å². The van der Waals surface area contributed by atoms with E-state index in [9.17, 15) is 0 Å². The summed E-state index contributed by atoms with van der Waals surface area (Å²) in [5.41, 5.74) is 2.99. The predicted molar refractivity (Wildman–Crippen MR) is 118 cm³/mol. The molecule has 0 heteroatoms. The topological polar surface area (TPSA) is 0 Å². The van der Waals surface area contributed by atoms with Gasteiger partial charge in [0.05, 0.1) is 0 Å². The van der Waals surface area contributed by atoms with E-state index in [2.05, 4.69) is 62.1 Å². The van der Waals surface area contributed by atoms with Crippen LogP contribution in [0.5, 0.6) is 0 Å². The Kier molecular flexibility index (Phi) is 8.07. The van der Waals surface area contributed by atoms with E-state index in [-0.39, 0.29) is 0 Å². The van der Waals surface area contributed by atoms with E-state index in [0.29, 0.717) is 5.92 Å². The first-order valence-corrected chi connectivity index (χ1v) is 11.5. The van der Waals surface area contributed by atoms with Crippen LogP contribution >= 0.6 is 0 Å². The maximum Gasteiger partial charge on any atom is 0.0206 e. The van der Waals surface area contributed by atoms with Gasteiger partial charge in [0.2, 0.25) is 0 Å². The minimum atomic E-state index is 0.612. The van der Waals surface area contributed by atoms with Crippen LogP contribution in [-0.2, 0) is 6.42 Å². The highest BCUT2D eigenvalue weighted by Crippen LogP contribution is 2.35. The van der Waals surface area contributed by atoms with Crippen LogP contribution in [-0.4, -0.2) is 0 Å². The third-order valence-corrected chi connectivity index (χ3v) is 6.91. The van der Waals surface area contributed by atoms with Crippen LogP contribution in [0.4, 0.5) is 0 Å². The van der Waals surface area contributed by atoms with Gasteiger partial charge in [-0.25, -0.2) is 0 Å². The molecule has 2 aliphatic rings. The van der Waals surface area contributed by atoms with Crippen molar-refractivity contribution in [2.24, 2.45) is 17.8 Å². The van der Waals surface area contributed by atoms with Crippen molar-refractivity contribution in [3.8, 4) is 11.8 Å². The maximum atomic E-state index is 3.54. The van der Waals surface area contributed by atoms with Crippen LogP contribution in [0, 0.1) is 29.6 Å². The van der Waals surface area contributed by atoms with Gasteiger partial charge in [0.25, 0.3) is 0 Å². The number of allylic oxidation sites excluding steroid dienone is 2. The van der Waals surface area contributed by atoms with E-state index in [0.717, 1.165) is 24.2 Å². The zero-order valence-electron chi connectivity index (χ0n) is 17.6. The lowest BCUT2D eigenvalue weighted by molar-refractivity contribution is 0.294. The van der Waals surface area contributed by atoms with Crippen molar-refractivity contribution in [3.63, 3.8) is 0 Å². The fourth-order valence-corrected chi connectivity index (χ4v) is 5.02. The Balaban J connectivity index is 1.39. The average molecular weight is 363 g/mol. The normalized spacial score (nSPS) is 28.7. The van der Waals surface area contributed by atoms with Crippen molar-refractivity contribution in [2.75, 3.05) is 0 Å². The van der Waals surface area contributed by atoms with Gasteiger partial charge in [-0.2, -0.15) is 0 Å². The summed E-state index contributed by atoms with van der Waals surface area (Å²) in [4.78, 5) is 0. The van der Waals surface area contributed by atoms with Gasteiger partial charge in [-0.1, -0.05) is 68.9 Å². The van der Waals surface area contributed by atoms with Gasteiger partial charge >= 0.3 is 0 Å². The van der Waals surface area contributed by atoms with Crippen LogP contribution < -0.4 is 0 Å². The molecule has 2 aliphatic carbocycles. The molecule has 3 rings (SSSR count). The van der Waals surface area contributed by atoms with Crippen molar-refractivity contribution in [1.82, 2.24) is 0 Å². The van der Waals surface area contributed by atoms with Crippen LogP contribution in [0.1, 0.15) is 95.1 Å². The minimum absolute atomic E-state index is 0.612. The standard InChI is InChI=1S/C27H38/c1-3-7-23-10-12-24(13-11-23)8-5-6-9-25-16-20-27(21-17-25)26-18-14-22(4-2)15-19-26/h5,8,14-15,18-19,23-25,27H,3-4,7,10-13,16-17,20-21H2,1-2H3/t23-,24-,25-,27-. The molecule has 0 bridgehead atoms. The zero-order valence-corrected chi connectivity index (χ0v) is 17.6. The molecule has 0 aliphatic heterocycles. The fraction of sp³-hybridized carbons (Fsp3) is 0.630. The van der Waals surface area contributed by atoms with Crippen molar-refractivity contribution >= 4 is 0 Å². The number of hydrogen-bond donors (Lipinski definition) is 0. The lowest BCUT2D eigenvalue weighted by atomic mass is 9.78. The highest BCUT2D eigenvalue weighted by atomic mass is 14.3. The average Bonchev–Trinajstić information content (AvgIpc) is 2.73. The summed E-state index contributed by atoms with van der Waals surface area (Å²) in [6.45, 7) is 4.54. The van der Waals surface area contributed by atoms with Crippen molar-refractivity contribution in [2.45, 2.75) is 90.4 Å². The second-order valence-corrected chi connectivity index (χ2v) is 8.86. The molecule has 1 aromatic carbocycles. The SMILES string of the molecule is CCC[C@H]1CC[C@H](C=CC#C[C@H]2CC[C@H](c3ccc(CC)cc3)CC2)CC1. The van der Waals surface area contributed by atoms with Gasteiger partial charge in [0, 0.05) is 5.92 Å². The number of aryl methyl sites for hydroxylation is 1. The van der Waals surface area contributed by atoms with Crippen LogP contribution in [0.15, 0.2) is 36.4 Å². The Morgan fingerprint density at radius 2 is 1.59 bits per heavy atom. The molecule has 2 saturated carbocycles. The van der Waals surface area contributed by atoms with Gasteiger partial charge in [-0.3, -0.25) is 0 Å². The summed E-state index contributed by atoms with van der Waals surface area (Å²) in [5, 5.41) is 0. The van der Waals surface area contributed by atoms with E-state index in [1.165, 1.54) is 75.3 Å². The molecule has 0 saturated heterocycles. The van der Waals surface area contributed by atoms with Crippen molar-refractivity contribution in [1.29, 1.82) is 0 Å². The lowest BCUT2D eigenvalue weighted by Crippen LogP contribution is -2.12. The molecule has 0 N–H and O–H groups in total. The summed E-state index contributed by atoms with van der Waals surface area (Å²) in [6, 6.07) is 9.32. The summed E-state index contributed by atoms with van der Waals surface area (Å²) in [7, 11) is 0. The molecule has 2 fully saturated rings. The van der Waals surface area contributed by atoms with E-state index >= 15 is 0 Å². The van der Waals surface area contributed by atoms with E-state index < -0.39 is 0 Å². The predicted octanol–water partition coefficient (Wildman–Crippen LogP) is 7.69. The lowest BCUT2D eigenvalue weighted by Gasteiger charge is -2.26. The first-order valence-electron chi connectivity index (χ1n) is 11.5. The molecule has 146 valence electrons. The van der Waals surface area contributed by atoms with E-state index in [1.807, 2.05) is 0 Å². The molecular formula is C27H38. The molecule has 0 heterocycles. The van der Waals surface area contributed by atoms with Gasteiger partial charge in [0.15, 0.2) is 0 Å². The van der Waals surface area contributed by atoms with Gasteiger partial charge in [-0.15, -0.1) is 0 Å². The molecule has 27 heavy (non-hydrogen) atoms. The third kappa shape index (κ3) is 6.27. The van der Waals surface area contributed by atoms with Gasteiger partial charge in [0.1, 0.15) is 0 Å². The Morgan fingerprint density at radius 1 is 0.889 bits per heavy atom. The third-order valence-electron chi connectivity index (χ3n) is 6.91. The molecular weight excluding hydrogens is 324 g/mol. The highest BCUT2D eigenvalue weighted by molar-refractivity contribution is 5.26. The molecule has 0 atom stereocenters. The molecule has 1 aromatic rings. The van der Waals surface area contributed by atoms with Crippen molar-refractivity contribution in [3.05, 3.63) is 47.5 Å². The Bertz CT molecular complexity index is 623. The second-order valence-electron chi connectivity index (χ2n) is 8.86. The number of rotatable bonds is 5. The zero-order chi connectivity index (χ0) is 18.9. The second kappa shape index (κ2) is 10.8. The molecule has 0 aromatic heterocycles. The minimum Gasteiger partial charge on any atom is -0.0951 e. The largest absolute Gasteiger partial charge is 0.0951 e. The first-order chi connectivity index (χ1) is 13.3. The molecule has 0 nitrogen and oxygen atoms in total.